The average molecular weight is 488 g/mol. The number of benzene rings is 2. The maximum Gasteiger partial charge on any atom is 0.233 e. The predicted octanol–water partition coefficient (Wildman–Crippen LogP) is 5.50. The Morgan fingerprint density at radius 1 is 0.848 bits per heavy atom. The van der Waals surface area contributed by atoms with Crippen LogP contribution in [0.2, 0.25) is 0 Å². The van der Waals surface area contributed by atoms with Gasteiger partial charge in [-0.15, -0.1) is 21.5 Å². The van der Waals surface area contributed by atoms with Crippen LogP contribution in [0.4, 0.5) is 0 Å². The topological polar surface area (TPSA) is 73.8 Å². The molecule has 0 saturated carbocycles. The molecule has 6 rings (SSSR count). The highest BCUT2D eigenvalue weighted by atomic mass is 32.2. The molecule has 0 spiro atoms. The summed E-state index contributed by atoms with van der Waals surface area (Å²) in [5, 5.41) is 9.88. The lowest BCUT2D eigenvalue weighted by Gasteiger charge is -2.09. The van der Waals surface area contributed by atoms with Gasteiger partial charge in [0.1, 0.15) is 5.82 Å². The summed E-state index contributed by atoms with van der Waals surface area (Å²) in [6.45, 7) is 0. The normalized spacial score (nSPS) is 11.5. The van der Waals surface area contributed by atoms with E-state index in [1.807, 2.05) is 59.3 Å². The summed E-state index contributed by atoms with van der Waals surface area (Å²) in [5.41, 5.74) is 3.03. The first-order chi connectivity index (χ1) is 16.3. The fraction of sp³-hybridized carbons (Fsp3) is 0.0870. The van der Waals surface area contributed by atoms with E-state index >= 15 is 0 Å². The number of thioether (sulfide) groups is 2. The zero-order valence-electron chi connectivity index (χ0n) is 17.3. The van der Waals surface area contributed by atoms with Crippen molar-refractivity contribution in [2.75, 3.05) is 0 Å². The van der Waals surface area contributed by atoms with E-state index in [4.69, 9.17) is 4.98 Å². The third-order valence-corrected chi connectivity index (χ3v) is 8.09. The molecule has 4 aromatic heterocycles. The summed E-state index contributed by atoms with van der Waals surface area (Å²) in [5.74, 6) is 2.95. The van der Waals surface area contributed by atoms with E-state index in [1.165, 1.54) is 4.70 Å². The molecular formula is C23H17N7S3. The molecule has 2 aromatic carbocycles. The second kappa shape index (κ2) is 8.97. The molecule has 0 radical (unpaired) electrons. The summed E-state index contributed by atoms with van der Waals surface area (Å²) in [6, 6.07) is 20.3. The first-order valence-electron chi connectivity index (χ1n) is 10.2. The molecule has 0 bridgehead atoms. The van der Waals surface area contributed by atoms with E-state index in [0.29, 0.717) is 17.3 Å². The van der Waals surface area contributed by atoms with Crippen molar-refractivity contribution in [1.82, 2.24) is 34.1 Å². The van der Waals surface area contributed by atoms with Crippen LogP contribution in [0, 0.1) is 0 Å². The molecule has 33 heavy (non-hydrogen) atoms. The SMILES string of the molecule is c1ccc(-n2c(CSc3nc4ccccc4s3)nnc2SCc2cn3cccnc3n2)cc1. The number of fused-ring (bicyclic) bond motifs is 2. The number of para-hydroxylation sites is 2. The van der Waals surface area contributed by atoms with Gasteiger partial charge >= 0.3 is 0 Å². The lowest BCUT2D eigenvalue weighted by Crippen LogP contribution is -2.01. The Kier molecular flexibility index (Phi) is 5.54. The molecule has 0 aliphatic rings. The van der Waals surface area contributed by atoms with Gasteiger partial charge in [-0.1, -0.05) is 53.9 Å². The highest BCUT2D eigenvalue weighted by Crippen LogP contribution is 2.33. The molecule has 0 N–H and O–H groups in total. The van der Waals surface area contributed by atoms with E-state index in [1.54, 1.807) is 41.1 Å². The van der Waals surface area contributed by atoms with Gasteiger partial charge in [-0.3, -0.25) is 8.97 Å². The quantitative estimate of drug-likeness (QED) is 0.275. The van der Waals surface area contributed by atoms with Crippen molar-refractivity contribution < 1.29 is 0 Å². The van der Waals surface area contributed by atoms with Gasteiger partial charge in [-0.2, -0.15) is 0 Å². The largest absolute Gasteiger partial charge is 0.291 e. The summed E-state index contributed by atoms with van der Waals surface area (Å²) < 4.78 is 6.28. The average Bonchev–Trinajstić information content (AvgIpc) is 3.57. The molecule has 0 fully saturated rings. The second-order valence-electron chi connectivity index (χ2n) is 7.15. The summed E-state index contributed by atoms with van der Waals surface area (Å²) in [6.07, 6.45) is 5.70. The Labute approximate surface area is 202 Å². The summed E-state index contributed by atoms with van der Waals surface area (Å²) in [7, 11) is 0. The third-order valence-electron chi connectivity index (χ3n) is 4.95. The zero-order chi connectivity index (χ0) is 22.0. The number of thiazole rings is 1. The minimum Gasteiger partial charge on any atom is -0.291 e. The van der Waals surface area contributed by atoms with Gasteiger partial charge in [0.2, 0.25) is 5.78 Å². The first kappa shape index (κ1) is 20.4. The van der Waals surface area contributed by atoms with E-state index in [-0.39, 0.29) is 0 Å². The van der Waals surface area contributed by atoms with Crippen LogP contribution in [-0.2, 0) is 11.5 Å². The van der Waals surface area contributed by atoms with Crippen LogP contribution in [-0.4, -0.2) is 34.1 Å². The molecular weight excluding hydrogens is 471 g/mol. The van der Waals surface area contributed by atoms with Crippen LogP contribution in [0.25, 0.3) is 21.7 Å². The number of imidazole rings is 1. The lowest BCUT2D eigenvalue weighted by molar-refractivity contribution is 0.864. The van der Waals surface area contributed by atoms with E-state index in [2.05, 4.69) is 42.9 Å². The van der Waals surface area contributed by atoms with Crippen molar-refractivity contribution >= 4 is 50.9 Å². The highest BCUT2D eigenvalue weighted by molar-refractivity contribution is 8.00. The molecule has 0 aliphatic carbocycles. The Morgan fingerprint density at radius 3 is 2.61 bits per heavy atom. The molecule has 0 atom stereocenters. The van der Waals surface area contributed by atoms with Gasteiger partial charge in [0, 0.05) is 30.0 Å². The van der Waals surface area contributed by atoms with Crippen molar-refractivity contribution in [3.05, 3.63) is 90.8 Å². The van der Waals surface area contributed by atoms with Crippen LogP contribution in [0.15, 0.2) is 88.8 Å². The number of aromatic nitrogens is 7. The fourth-order valence-electron chi connectivity index (χ4n) is 3.45. The number of nitrogens with zero attached hydrogens (tertiary/aromatic N) is 7. The molecule has 0 saturated heterocycles. The van der Waals surface area contributed by atoms with Crippen LogP contribution in [0.1, 0.15) is 11.5 Å². The van der Waals surface area contributed by atoms with Gasteiger partial charge < -0.3 is 0 Å². The van der Waals surface area contributed by atoms with Gasteiger partial charge in [-0.25, -0.2) is 15.0 Å². The number of hydrogen-bond donors (Lipinski definition) is 0. The molecule has 0 amide bonds. The van der Waals surface area contributed by atoms with E-state index in [9.17, 15) is 0 Å². The van der Waals surface area contributed by atoms with Crippen molar-refractivity contribution in [1.29, 1.82) is 0 Å². The van der Waals surface area contributed by atoms with Crippen molar-refractivity contribution in [2.24, 2.45) is 0 Å². The molecule has 0 aliphatic heterocycles. The van der Waals surface area contributed by atoms with Crippen molar-refractivity contribution in [2.45, 2.75) is 21.0 Å². The fourth-order valence-corrected chi connectivity index (χ4v) is 6.29. The second-order valence-corrected chi connectivity index (χ2v) is 10.3. The smallest absolute Gasteiger partial charge is 0.233 e. The Morgan fingerprint density at radius 2 is 1.73 bits per heavy atom. The van der Waals surface area contributed by atoms with Gasteiger partial charge in [-0.05, 0) is 30.3 Å². The molecule has 6 aromatic rings. The third kappa shape index (κ3) is 4.24. The minimum atomic E-state index is 0.680. The molecule has 7 nitrogen and oxygen atoms in total. The molecule has 162 valence electrons. The van der Waals surface area contributed by atoms with Gasteiger partial charge in [0.05, 0.1) is 21.7 Å². The van der Waals surface area contributed by atoms with Gasteiger partial charge in [0.15, 0.2) is 9.50 Å². The molecule has 4 heterocycles. The summed E-state index contributed by atoms with van der Waals surface area (Å²) >= 11 is 5.02. The van der Waals surface area contributed by atoms with Crippen LogP contribution in [0.3, 0.4) is 0 Å². The Bertz CT molecular complexity index is 1380. The number of rotatable bonds is 7. The standard InChI is InChI=1S/C23H17N7S3/c1-2-7-17(8-3-1)30-20(15-32-23-26-18-9-4-5-10-19(18)33-23)27-28-22(30)31-14-16-13-29-12-6-11-24-21(29)25-16/h1-13H,14-15H2. The number of hydrogen-bond acceptors (Lipinski definition) is 8. The minimum absolute atomic E-state index is 0.680. The van der Waals surface area contributed by atoms with Crippen molar-refractivity contribution in [3.63, 3.8) is 0 Å². The van der Waals surface area contributed by atoms with Crippen LogP contribution >= 0.6 is 34.9 Å². The molecule has 10 heteroatoms. The lowest BCUT2D eigenvalue weighted by atomic mass is 10.3. The zero-order valence-corrected chi connectivity index (χ0v) is 19.7. The first-order valence-corrected chi connectivity index (χ1v) is 13.0. The van der Waals surface area contributed by atoms with Crippen LogP contribution < -0.4 is 0 Å². The maximum atomic E-state index is 4.74. The monoisotopic (exact) mass is 487 g/mol. The van der Waals surface area contributed by atoms with E-state index in [0.717, 1.165) is 32.2 Å². The van der Waals surface area contributed by atoms with Gasteiger partial charge in [0.25, 0.3) is 0 Å². The summed E-state index contributed by atoms with van der Waals surface area (Å²) in [4.78, 5) is 13.6. The molecule has 0 unspecified atom stereocenters. The van der Waals surface area contributed by atoms with E-state index < -0.39 is 0 Å². The van der Waals surface area contributed by atoms with Crippen LogP contribution in [0.5, 0.6) is 0 Å². The Hall–Kier alpha value is -3.21. The Balaban J connectivity index is 1.26. The predicted molar refractivity (Wildman–Crippen MR) is 133 cm³/mol. The van der Waals surface area contributed by atoms with Crippen molar-refractivity contribution in [3.8, 4) is 5.69 Å². The highest BCUT2D eigenvalue weighted by Gasteiger charge is 2.16. The maximum absolute atomic E-state index is 4.74.